The van der Waals surface area contributed by atoms with Crippen LogP contribution in [0, 0.1) is 0 Å². The third-order valence-electron chi connectivity index (χ3n) is 2.19. The minimum Gasteiger partial charge on any atom is -0.466 e. The summed E-state index contributed by atoms with van der Waals surface area (Å²) >= 11 is 0. The van der Waals surface area contributed by atoms with Crippen LogP contribution in [-0.4, -0.2) is 11.5 Å². The van der Waals surface area contributed by atoms with Crippen LogP contribution in [0.4, 0.5) is 0 Å². The average Bonchev–Trinajstić information content (AvgIpc) is 2.68. The second kappa shape index (κ2) is 4.75. The molecule has 3 heteroatoms. The van der Waals surface area contributed by atoms with E-state index in [1.54, 1.807) is 6.20 Å². The molecule has 0 aromatic carbocycles. The number of nitrogens with two attached hydrogens (primary N) is 1. The van der Waals surface area contributed by atoms with Crippen molar-refractivity contribution in [3.05, 3.63) is 53.7 Å². The largest absolute Gasteiger partial charge is 0.466 e. The van der Waals surface area contributed by atoms with Crippen LogP contribution < -0.4 is 5.73 Å². The van der Waals surface area contributed by atoms with Crippen molar-refractivity contribution in [2.45, 2.75) is 12.8 Å². The van der Waals surface area contributed by atoms with Crippen LogP contribution >= 0.6 is 0 Å². The highest BCUT2D eigenvalue weighted by molar-refractivity contribution is 5.15. The van der Waals surface area contributed by atoms with Gasteiger partial charge in [-0.1, -0.05) is 6.07 Å². The molecule has 0 atom stereocenters. The van der Waals surface area contributed by atoms with E-state index in [0.717, 1.165) is 30.1 Å². The number of furan rings is 1. The van der Waals surface area contributed by atoms with Crippen molar-refractivity contribution in [1.82, 2.24) is 4.98 Å². The molecule has 0 aliphatic rings. The number of rotatable bonds is 4. The summed E-state index contributed by atoms with van der Waals surface area (Å²) in [6.07, 6.45) is 3.33. The number of nitrogens with zero attached hydrogens (tertiary/aromatic N) is 1. The van der Waals surface area contributed by atoms with Gasteiger partial charge in [0.2, 0.25) is 0 Å². The Morgan fingerprint density at radius 3 is 2.73 bits per heavy atom. The van der Waals surface area contributed by atoms with Crippen LogP contribution in [0.1, 0.15) is 17.2 Å². The molecule has 0 saturated carbocycles. The van der Waals surface area contributed by atoms with Crippen molar-refractivity contribution in [2.75, 3.05) is 6.54 Å². The van der Waals surface area contributed by atoms with Crippen molar-refractivity contribution in [1.29, 1.82) is 0 Å². The van der Waals surface area contributed by atoms with Gasteiger partial charge < -0.3 is 10.2 Å². The van der Waals surface area contributed by atoms with Crippen molar-refractivity contribution in [3.63, 3.8) is 0 Å². The first-order valence-corrected chi connectivity index (χ1v) is 5.06. The first-order chi connectivity index (χ1) is 7.38. The van der Waals surface area contributed by atoms with E-state index >= 15 is 0 Å². The van der Waals surface area contributed by atoms with Gasteiger partial charge in [0.05, 0.1) is 0 Å². The van der Waals surface area contributed by atoms with Gasteiger partial charge in [-0.25, -0.2) is 0 Å². The fourth-order valence-electron chi connectivity index (χ4n) is 1.48. The highest BCUT2D eigenvalue weighted by Gasteiger charge is 2.02. The predicted octanol–water partition coefficient (Wildman–Crippen LogP) is 1.77. The lowest BCUT2D eigenvalue weighted by Gasteiger charge is -1.96. The maximum absolute atomic E-state index is 5.61. The molecule has 2 heterocycles. The van der Waals surface area contributed by atoms with E-state index in [-0.39, 0.29) is 0 Å². The van der Waals surface area contributed by atoms with Gasteiger partial charge in [0.15, 0.2) is 0 Å². The molecule has 0 unspecified atom stereocenters. The zero-order valence-corrected chi connectivity index (χ0v) is 8.52. The van der Waals surface area contributed by atoms with Gasteiger partial charge in [-0.05, 0) is 30.8 Å². The molecule has 0 amide bonds. The maximum atomic E-state index is 5.61. The molecule has 0 saturated heterocycles. The third-order valence-corrected chi connectivity index (χ3v) is 2.19. The molecule has 3 nitrogen and oxygen atoms in total. The lowest BCUT2D eigenvalue weighted by atomic mass is 10.2. The van der Waals surface area contributed by atoms with Crippen LogP contribution in [0.3, 0.4) is 0 Å². The first kappa shape index (κ1) is 9.93. The van der Waals surface area contributed by atoms with Crippen molar-refractivity contribution < 1.29 is 4.42 Å². The number of pyridine rings is 1. The Bertz CT molecular complexity index is 409. The lowest BCUT2D eigenvalue weighted by molar-refractivity contribution is 0.473. The van der Waals surface area contributed by atoms with Crippen molar-refractivity contribution >= 4 is 0 Å². The number of hydrogen-bond acceptors (Lipinski definition) is 3. The maximum Gasteiger partial charge on any atom is 0.110 e. The summed E-state index contributed by atoms with van der Waals surface area (Å²) in [5, 5.41) is 0. The van der Waals surface area contributed by atoms with Crippen molar-refractivity contribution in [2.24, 2.45) is 5.73 Å². The Morgan fingerprint density at radius 2 is 2.00 bits per heavy atom. The zero-order valence-electron chi connectivity index (χ0n) is 8.52. The van der Waals surface area contributed by atoms with E-state index in [1.165, 1.54) is 0 Å². The first-order valence-electron chi connectivity index (χ1n) is 5.06. The fourth-order valence-corrected chi connectivity index (χ4v) is 1.48. The molecule has 0 bridgehead atoms. The smallest absolute Gasteiger partial charge is 0.110 e. The molecule has 2 aromatic rings. The summed E-state index contributed by atoms with van der Waals surface area (Å²) in [5.74, 6) is 1.89. The highest BCUT2D eigenvalue weighted by Crippen LogP contribution is 2.11. The Kier molecular flexibility index (Phi) is 3.15. The second-order valence-electron chi connectivity index (χ2n) is 3.40. The zero-order chi connectivity index (χ0) is 10.5. The Hall–Kier alpha value is -1.61. The molecule has 2 rings (SSSR count). The van der Waals surface area contributed by atoms with Crippen molar-refractivity contribution in [3.8, 4) is 0 Å². The molecule has 0 aliphatic carbocycles. The molecule has 2 N–H and O–H groups in total. The van der Waals surface area contributed by atoms with Gasteiger partial charge in [-0.2, -0.15) is 0 Å². The minimum atomic E-state index is 0.622. The van der Waals surface area contributed by atoms with E-state index < -0.39 is 0 Å². The molecule has 0 spiro atoms. The van der Waals surface area contributed by atoms with Crippen LogP contribution in [-0.2, 0) is 12.8 Å². The van der Waals surface area contributed by atoms with E-state index in [0.29, 0.717) is 6.54 Å². The van der Waals surface area contributed by atoms with Gasteiger partial charge in [0.1, 0.15) is 11.5 Å². The van der Waals surface area contributed by atoms with Crippen LogP contribution in [0.15, 0.2) is 40.9 Å². The second-order valence-corrected chi connectivity index (χ2v) is 3.40. The van der Waals surface area contributed by atoms with Gasteiger partial charge in [-0.3, -0.25) is 4.98 Å². The van der Waals surface area contributed by atoms with E-state index in [2.05, 4.69) is 4.98 Å². The molecule has 0 radical (unpaired) electrons. The lowest BCUT2D eigenvalue weighted by Crippen LogP contribution is -2.01. The predicted molar refractivity (Wildman–Crippen MR) is 58.5 cm³/mol. The summed E-state index contributed by atoms with van der Waals surface area (Å²) < 4.78 is 5.61. The third kappa shape index (κ3) is 2.67. The molecular weight excluding hydrogens is 188 g/mol. The van der Waals surface area contributed by atoms with Gasteiger partial charge >= 0.3 is 0 Å². The molecular formula is C12H14N2O. The SMILES string of the molecule is NCCc1ccc(Cc2ccccn2)o1. The monoisotopic (exact) mass is 202 g/mol. The highest BCUT2D eigenvalue weighted by atomic mass is 16.3. The Balaban J connectivity index is 2.05. The normalized spacial score (nSPS) is 10.5. The molecule has 2 aromatic heterocycles. The summed E-state index contributed by atoms with van der Waals surface area (Å²) in [5.41, 5.74) is 6.47. The fraction of sp³-hybridized carbons (Fsp3) is 0.250. The Labute approximate surface area is 88.9 Å². The molecule has 78 valence electrons. The topological polar surface area (TPSA) is 52.0 Å². The quantitative estimate of drug-likeness (QED) is 0.822. The van der Waals surface area contributed by atoms with E-state index in [1.807, 2.05) is 30.3 Å². The van der Waals surface area contributed by atoms with Crippen LogP contribution in [0.2, 0.25) is 0 Å². The summed E-state index contributed by atoms with van der Waals surface area (Å²) in [4.78, 5) is 4.24. The Morgan fingerprint density at radius 1 is 1.13 bits per heavy atom. The number of aromatic nitrogens is 1. The summed E-state index contributed by atoms with van der Waals surface area (Å²) in [6.45, 7) is 0.622. The van der Waals surface area contributed by atoms with Gasteiger partial charge in [-0.15, -0.1) is 0 Å². The van der Waals surface area contributed by atoms with Gasteiger partial charge in [0, 0.05) is 24.7 Å². The standard InChI is InChI=1S/C12H14N2O/c13-7-6-11-4-5-12(15-11)9-10-3-1-2-8-14-10/h1-5,8H,6-7,9,13H2. The summed E-state index contributed by atoms with van der Waals surface area (Å²) in [7, 11) is 0. The average molecular weight is 202 g/mol. The minimum absolute atomic E-state index is 0.622. The molecule has 0 aliphatic heterocycles. The van der Waals surface area contributed by atoms with E-state index in [4.69, 9.17) is 10.2 Å². The van der Waals surface area contributed by atoms with Crippen LogP contribution in [0.5, 0.6) is 0 Å². The molecule has 0 fully saturated rings. The molecule has 15 heavy (non-hydrogen) atoms. The van der Waals surface area contributed by atoms with Crippen LogP contribution in [0.25, 0.3) is 0 Å². The van der Waals surface area contributed by atoms with Gasteiger partial charge in [0.25, 0.3) is 0 Å². The van der Waals surface area contributed by atoms with E-state index in [9.17, 15) is 0 Å². The summed E-state index contributed by atoms with van der Waals surface area (Å²) in [6, 6.07) is 9.84. The number of hydrogen-bond donors (Lipinski definition) is 1.